The Morgan fingerprint density at radius 2 is 1.95 bits per heavy atom. The molecule has 0 aromatic carbocycles. The van der Waals surface area contributed by atoms with Crippen LogP contribution in [-0.2, 0) is 9.53 Å². The maximum absolute atomic E-state index is 12.3. The Balaban J connectivity index is 2.71. The van der Waals surface area contributed by atoms with Crippen molar-refractivity contribution in [2.75, 3.05) is 32.8 Å². The Labute approximate surface area is 130 Å². The Bertz CT molecular complexity index is 329. The molecular weight excluding hydrogens is 264 g/mol. The van der Waals surface area contributed by atoms with Gasteiger partial charge in [0.25, 0.3) is 0 Å². The molecule has 0 aliphatic carbocycles. The van der Waals surface area contributed by atoms with Gasteiger partial charge in [0, 0.05) is 13.1 Å². The number of rotatable bonds is 9. The molecule has 1 aliphatic heterocycles. The highest BCUT2D eigenvalue weighted by molar-refractivity contribution is 5.80. The fourth-order valence-corrected chi connectivity index (χ4v) is 3.32. The largest absolute Gasteiger partial charge is 0.465 e. The molecule has 0 radical (unpaired) electrons. The first kappa shape index (κ1) is 18.4. The van der Waals surface area contributed by atoms with Crippen molar-refractivity contribution in [3.8, 4) is 0 Å². The van der Waals surface area contributed by atoms with E-state index in [4.69, 9.17) is 4.74 Å². The van der Waals surface area contributed by atoms with E-state index in [0.717, 1.165) is 32.6 Å². The molecular formula is C17H34N2O2. The van der Waals surface area contributed by atoms with Gasteiger partial charge < -0.3 is 15.0 Å². The second-order valence-electron chi connectivity index (χ2n) is 6.65. The first-order valence-corrected chi connectivity index (χ1v) is 8.60. The van der Waals surface area contributed by atoms with E-state index in [1.54, 1.807) is 0 Å². The minimum Gasteiger partial charge on any atom is -0.465 e. The number of hydrogen-bond donors (Lipinski definition) is 1. The van der Waals surface area contributed by atoms with E-state index in [-0.39, 0.29) is 5.97 Å². The standard InChI is InChI=1S/C17H34N2O2/c1-6-11-18-16(5,15(20)21-9-4)13-19-12-10-17(7-2,8-3)14-19/h18H,6-14H2,1-5H3. The van der Waals surface area contributed by atoms with E-state index < -0.39 is 5.54 Å². The summed E-state index contributed by atoms with van der Waals surface area (Å²) in [5.41, 5.74) is -0.149. The Morgan fingerprint density at radius 1 is 1.29 bits per heavy atom. The molecule has 1 atom stereocenters. The fraction of sp³-hybridized carbons (Fsp3) is 0.941. The lowest BCUT2D eigenvalue weighted by Gasteiger charge is -2.34. The molecule has 4 nitrogen and oxygen atoms in total. The topological polar surface area (TPSA) is 41.6 Å². The summed E-state index contributed by atoms with van der Waals surface area (Å²) in [4.78, 5) is 14.8. The van der Waals surface area contributed by atoms with Gasteiger partial charge in [0.05, 0.1) is 6.61 Å². The van der Waals surface area contributed by atoms with Crippen LogP contribution in [0.15, 0.2) is 0 Å². The number of hydrogen-bond acceptors (Lipinski definition) is 4. The van der Waals surface area contributed by atoms with E-state index in [0.29, 0.717) is 12.0 Å². The molecule has 1 fully saturated rings. The lowest BCUT2D eigenvalue weighted by molar-refractivity contribution is -0.151. The van der Waals surface area contributed by atoms with Crippen LogP contribution >= 0.6 is 0 Å². The van der Waals surface area contributed by atoms with Crippen LogP contribution in [0.5, 0.6) is 0 Å². The van der Waals surface area contributed by atoms with Crippen molar-refractivity contribution in [2.24, 2.45) is 5.41 Å². The number of likely N-dealkylation sites (tertiary alicyclic amines) is 1. The van der Waals surface area contributed by atoms with Crippen LogP contribution in [0.3, 0.4) is 0 Å². The predicted octanol–water partition coefficient (Wildman–Crippen LogP) is 2.82. The Morgan fingerprint density at radius 3 is 2.43 bits per heavy atom. The molecule has 0 aromatic rings. The van der Waals surface area contributed by atoms with Gasteiger partial charge in [0.2, 0.25) is 0 Å². The number of ether oxygens (including phenoxy) is 1. The van der Waals surface area contributed by atoms with E-state index in [1.807, 2.05) is 13.8 Å². The summed E-state index contributed by atoms with van der Waals surface area (Å²) >= 11 is 0. The van der Waals surface area contributed by atoms with Crippen LogP contribution in [0.25, 0.3) is 0 Å². The number of esters is 1. The van der Waals surface area contributed by atoms with Crippen molar-refractivity contribution in [1.82, 2.24) is 10.2 Å². The molecule has 1 unspecified atom stereocenters. The van der Waals surface area contributed by atoms with Gasteiger partial charge in [-0.3, -0.25) is 4.79 Å². The van der Waals surface area contributed by atoms with E-state index in [2.05, 4.69) is 31.0 Å². The van der Waals surface area contributed by atoms with Crippen LogP contribution in [0.2, 0.25) is 0 Å². The number of carbonyl (C=O) groups excluding carboxylic acids is 1. The van der Waals surface area contributed by atoms with Crippen LogP contribution in [0, 0.1) is 5.41 Å². The summed E-state index contributed by atoms with van der Waals surface area (Å²) < 4.78 is 5.29. The van der Waals surface area contributed by atoms with Gasteiger partial charge in [-0.2, -0.15) is 0 Å². The SMILES string of the molecule is CCCNC(C)(CN1CCC(CC)(CC)C1)C(=O)OCC. The summed E-state index contributed by atoms with van der Waals surface area (Å²) in [6, 6.07) is 0. The van der Waals surface area contributed by atoms with Gasteiger partial charge in [-0.1, -0.05) is 20.8 Å². The molecule has 4 heteroatoms. The normalized spacial score (nSPS) is 21.2. The van der Waals surface area contributed by atoms with E-state index in [1.165, 1.54) is 19.3 Å². The van der Waals surface area contributed by atoms with Crippen molar-refractivity contribution >= 4 is 5.97 Å². The zero-order chi connectivity index (χ0) is 15.9. The highest BCUT2D eigenvalue weighted by Crippen LogP contribution is 2.37. The monoisotopic (exact) mass is 298 g/mol. The van der Waals surface area contributed by atoms with E-state index in [9.17, 15) is 4.79 Å². The molecule has 1 saturated heterocycles. The molecule has 0 saturated carbocycles. The van der Waals surface area contributed by atoms with Gasteiger partial charge in [0.15, 0.2) is 0 Å². The molecule has 1 aliphatic rings. The molecule has 1 N–H and O–H groups in total. The Hall–Kier alpha value is -0.610. The lowest BCUT2D eigenvalue weighted by Crippen LogP contribution is -2.57. The summed E-state index contributed by atoms with van der Waals surface area (Å²) in [7, 11) is 0. The predicted molar refractivity (Wildman–Crippen MR) is 87.4 cm³/mol. The minimum absolute atomic E-state index is 0.121. The molecule has 0 bridgehead atoms. The van der Waals surface area contributed by atoms with Crippen molar-refractivity contribution in [3.05, 3.63) is 0 Å². The number of carbonyl (C=O) groups is 1. The molecule has 21 heavy (non-hydrogen) atoms. The fourth-order valence-electron chi connectivity index (χ4n) is 3.32. The first-order valence-electron chi connectivity index (χ1n) is 8.60. The Kier molecular flexibility index (Phi) is 7.14. The minimum atomic E-state index is -0.594. The highest BCUT2D eigenvalue weighted by atomic mass is 16.5. The number of nitrogens with zero attached hydrogens (tertiary/aromatic N) is 1. The van der Waals surface area contributed by atoms with Crippen molar-refractivity contribution in [1.29, 1.82) is 0 Å². The summed E-state index contributed by atoms with van der Waals surface area (Å²) in [5, 5.41) is 3.40. The second kappa shape index (κ2) is 8.14. The molecule has 0 spiro atoms. The lowest BCUT2D eigenvalue weighted by atomic mass is 9.82. The second-order valence-corrected chi connectivity index (χ2v) is 6.65. The van der Waals surface area contributed by atoms with Crippen LogP contribution < -0.4 is 5.32 Å². The average molecular weight is 298 g/mol. The van der Waals surface area contributed by atoms with E-state index >= 15 is 0 Å². The van der Waals surface area contributed by atoms with Gasteiger partial charge in [-0.15, -0.1) is 0 Å². The van der Waals surface area contributed by atoms with Gasteiger partial charge in [0.1, 0.15) is 5.54 Å². The van der Waals surface area contributed by atoms with Gasteiger partial charge in [-0.25, -0.2) is 0 Å². The molecule has 0 aromatic heterocycles. The first-order chi connectivity index (χ1) is 9.95. The maximum atomic E-state index is 12.3. The van der Waals surface area contributed by atoms with Crippen LogP contribution in [-0.4, -0.2) is 49.2 Å². The smallest absolute Gasteiger partial charge is 0.327 e. The van der Waals surface area contributed by atoms with Crippen LogP contribution in [0.4, 0.5) is 0 Å². The zero-order valence-corrected chi connectivity index (χ0v) is 14.6. The summed E-state index contributed by atoms with van der Waals surface area (Å²) in [6.07, 6.45) is 4.70. The zero-order valence-electron chi connectivity index (χ0n) is 14.6. The molecule has 1 heterocycles. The average Bonchev–Trinajstić information content (AvgIpc) is 2.89. The third-order valence-electron chi connectivity index (χ3n) is 5.05. The van der Waals surface area contributed by atoms with Gasteiger partial charge >= 0.3 is 5.97 Å². The number of nitrogens with one attached hydrogen (secondary N) is 1. The third kappa shape index (κ3) is 4.68. The quantitative estimate of drug-likeness (QED) is 0.665. The van der Waals surface area contributed by atoms with Crippen molar-refractivity contribution < 1.29 is 9.53 Å². The highest BCUT2D eigenvalue weighted by Gasteiger charge is 2.41. The van der Waals surface area contributed by atoms with Gasteiger partial charge in [-0.05, 0) is 58.0 Å². The summed E-state index contributed by atoms with van der Waals surface area (Å²) in [5.74, 6) is -0.121. The molecule has 1 rings (SSSR count). The third-order valence-corrected chi connectivity index (χ3v) is 5.05. The molecule has 124 valence electrons. The van der Waals surface area contributed by atoms with Crippen molar-refractivity contribution in [2.45, 2.75) is 65.8 Å². The van der Waals surface area contributed by atoms with Crippen molar-refractivity contribution in [3.63, 3.8) is 0 Å². The molecule has 0 amide bonds. The summed E-state index contributed by atoms with van der Waals surface area (Å²) in [6.45, 7) is 14.8. The maximum Gasteiger partial charge on any atom is 0.327 e. The van der Waals surface area contributed by atoms with Crippen LogP contribution in [0.1, 0.15) is 60.3 Å².